The van der Waals surface area contributed by atoms with Crippen molar-refractivity contribution in [1.29, 1.82) is 0 Å². The van der Waals surface area contributed by atoms with Gasteiger partial charge in [0.25, 0.3) is 0 Å². The lowest BCUT2D eigenvalue weighted by Gasteiger charge is -2.22. The quantitative estimate of drug-likeness (QED) is 0.752. The minimum atomic E-state index is -0.0239. The molecule has 2 rings (SSSR count). The minimum Gasteiger partial charge on any atom is -0.356 e. The number of halogens is 1. The highest BCUT2D eigenvalue weighted by Gasteiger charge is 2.13. The maximum atomic E-state index is 12.0. The van der Waals surface area contributed by atoms with E-state index in [1.807, 2.05) is 31.2 Å². The van der Waals surface area contributed by atoms with Crippen LogP contribution in [0.4, 0.5) is 0 Å². The monoisotopic (exact) mass is 338 g/mol. The van der Waals surface area contributed by atoms with E-state index in [0.717, 1.165) is 25.1 Å². The molecule has 0 spiro atoms. The largest absolute Gasteiger partial charge is 0.356 e. The highest BCUT2D eigenvalue weighted by molar-refractivity contribution is 5.97. The van der Waals surface area contributed by atoms with Gasteiger partial charge in [-0.05, 0) is 45.2 Å². The summed E-state index contributed by atoms with van der Waals surface area (Å²) in [5.74, 6) is 0.680. The van der Waals surface area contributed by atoms with Crippen LogP contribution in [0, 0.1) is 12.8 Å². The SMILES string of the molecule is Cc1ccc(C(=O)CCC(=O)NCCC2CCCNC2)cc1.Cl. The Morgan fingerprint density at radius 2 is 1.96 bits per heavy atom. The van der Waals surface area contributed by atoms with Crippen LogP contribution in [0.1, 0.15) is 48.0 Å². The van der Waals surface area contributed by atoms with Crippen LogP contribution in [-0.4, -0.2) is 31.3 Å². The highest BCUT2D eigenvalue weighted by Crippen LogP contribution is 2.13. The predicted octanol–water partition coefficient (Wildman–Crippen LogP) is 2.89. The summed E-state index contributed by atoms with van der Waals surface area (Å²) < 4.78 is 0. The van der Waals surface area contributed by atoms with E-state index in [1.165, 1.54) is 12.8 Å². The van der Waals surface area contributed by atoms with E-state index in [2.05, 4.69) is 10.6 Å². The first-order valence-corrected chi connectivity index (χ1v) is 8.22. The first-order chi connectivity index (χ1) is 10.6. The molecule has 1 aromatic rings. The van der Waals surface area contributed by atoms with Crippen LogP contribution >= 0.6 is 12.4 Å². The van der Waals surface area contributed by atoms with E-state index in [4.69, 9.17) is 0 Å². The maximum Gasteiger partial charge on any atom is 0.220 e. The van der Waals surface area contributed by atoms with Gasteiger partial charge in [-0.1, -0.05) is 29.8 Å². The zero-order valence-electron chi connectivity index (χ0n) is 13.8. The van der Waals surface area contributed by atoms with E-state index in [-0.39, 0.29) is 36.9 Å². The van der Waals surface area contributed by atoms with Crippen LogP contribution in [0.2, 0.25) is 0 Å². The summed E-state index contributed by atoms with van der Waals surface area (Å²) in [5, 5.41) is 6.30. The average Bonchev–Trinajstić information content (AvgIpc) is 2.54. The van der Waals surface area contributed by atoms with E-state index < -0.39 is 0 Å². The second kappa shape index (κ2) is 10.4. The number of nitrogens with one attached hydrogen (secondary N) is 2. The van der Waals surface area contributed by atoms with E-state index in [0.29, 0.717) is 18.0 Å². The number of piperidine rings is 1. The molecule has 0 bridgehead atoms. The first-order valence-electron chi connectivity index (χ1n) is 8.22. The van der Waals surface area contributed by atoms with Crippen molar-refractivity contribution in [2.75, 3.05) is 19.6 Å². The fraction of sp³-hybridized carbons (Fsp3) is 0.556. The Bertz CT molecular complexity index is 496. The number of aryl methyl sites for hydroxylation is 1. The summed E-state index contributed by atoms with van der Waals surface area (Å²) in [5.41, 5.74) is 1.82. The third-order valence-electron chi connectivity index (χ3n) is 4.23. The van der Waals surface area contributed by atoms with Crippen molar-refractivity contribution >= 4 is 24.1 Å². The molecule has 128 valence electrons. The van der Waals surface area contributed by atoms with Crippen molar-refractivity contribution in [1.82, 2.24) is 10.6 Å². The Hall–Kier alpha value is -1.39. The Morgan fingerprint density at radius 1 is 1.22 bits per heavy atom. The topological polar surface area (TPSA) is 58.2 Å². The van der Waals surface area contributed by atoms with Crippen LogP contribution in [0.15, 0.2) is 24.3 Å². The summed E-state index contributed by atoms with van der Waals surface area (Å²) in [4.78, 5) is 23.8. The number of amides is 1. The lowest BCUT2D eigenvalue weighted by Crippen LogP contribution is -2.33. The third-order valence-corrected chi connectivity index (χ3v) is 4.23. The second-order valence-electron chi connectivity index (χ2n) is 6.14. The molecule has 23 heavy (non-hydrogen) atoms. The molecule has 1 aliphatic rings. The fourth-order valence-electron chi connectivity index (χ4n) is 2.79. The molecule has 2 N–H and O–H groups in total. The molecule has 1 aliphatic heterocycles. The van der Waals surface area contributed by atoms with Gasteiger partial charge in [-0.3, -0.25) is 9.59 Å². The molecule has 1 amide bonds. The number of rotatable bonds is 7. The van der Waals surface area contributed by atoms with Gasteiger partial charge in [0.05, 0.1) is 0 Å². The number of ketones is 1. The van der Waals surface area contributed by atoms with Crippen molar-refractivity contribution in [3.05, 3.63) is 35.4 Å². The van der Waals surface area contributed by atoms with Crippen LogP contribution in [0.5, 0.6) is 0 Å². The van der Waals surface area contributed by atoms with Crippen molar-refractivity contribution in [2.24, 2.45) is 5.92 Å². The highest BCUT2D eigenvalue weighted by atomic mass is 35.5. The number of carbonyl (C=O) groups is 2. The van der Waals surface area contributed by atoms with Crippen LogP contribution in [0.25, 0.3) is 0 Å². The lowest BCUT2D eigenvalue weighted by molar-refractivity contribution is -0.121. The van der Waals surface area contributed by atoms with Crippen molar-refractivity contribution in [3.8, 4) is 0 Å². The predicted molar refractivity (Wildman–Crippen MR) is 95.2 cm³/mol. The van der Waals surface area contributed by atoms with Gasteiger partial charge in [0.2, 0.25) is 5.91 Å². The molecule has 0 aliphatic carbocycles. The normalized spacial score (nSPS) is 17.2. The molecule has 0 saturated carbocycles. The summed E-state index contributed by atoms with van der Waals surface area (Å²) in [6, 6.07) is 7.49. The van der Waals surface area contributed by atoms with Gasteiger partial charge in [0.1, 0.15) is 0 Å². The zero-order chi connectivity index (χ0) is 15.8. The molecule has 1 aromatic carbocycles. The first kappa shape index (κ1) is 19.7. The Kier molecular flexibility index (Phi) is 8.89. The number of hydrogen-bond donors (Lipinski definition) is 2. The number of hydrogen-bond acceptors (Lipinski definition) is 3. The number of Topliss-reactive ketones (excluding diaryl/α,β-unsaturated/α-hetero) is 1. The molecular weight excluding hydrogens is 312 g/mol. The molecule has 5 heteroatoms. The van der Waals surface area contributed by atoms with Crippen LogP contribution in [-0.2, 0) is 4.79 Å². The van der Waals surface area contributed by atoms with Gasteiger partial charge < -0.3 is 10.6 Å². The standard InChI is InChI=1S/C18H26N2O2.ClH/c1-14-4-6-16(7-5-14)17(21)8-9-18(22)20-12-10-15-3-2-11-19-13-15;/h4-7,15,19H,2-3,8-13H2,1H3,(H,20,22);1H. The molecule has 1 atom stereocenters. The molecule has 1 heterocycles. The van der Waals surface area contributed by atoms with E-state index >= 15 is 0 Å². The molecule has 1 fully saturated rings. The summed E-state index contributed by atoms with van der Waals surface area (Å²) in [6.45, 7) is 4.87. The molecule has 1 saturated heterocycles. The van der Waals surface area contributed by atoms with E-state index in [1.54, 1.807) is 0 Å². The van der Waals surface area contributed by atoms with Gasteiger partial charge in [0, 0.05) is 24.9 Å². The number of carbonyl (C=O) groups excluding carboxylic acids is 2. The average molecular weight is 339 g/mol. The van der Waals surface area contributed by atoms with Gasteiger partial charge in [-0.15, -0.1) is 12.4 Å². The van der Waals surface area contributed by atoms with Crippen molar-refractivity contribution < 1.29 is 9.59 Å². The fourth-order valence-corrected chi connectivity index (χ4v) is 2.79. The molecule has 4 nitrogen and oxygen atoms in total. The molecule has 0 aromatic heterocycles. The van der Waals surface area contributed by atoms with Crippen LogP contribution in [0.3, 0.4) is 0 Å². The number of benzene rings is 1. The minimum absolute atomic E-state index is 0. The van der Waals surface area contributed by atoms with Crippen molar-refractivity contribution in [3.63, 3.8) is 0 Å². The Morgan fingerprint density at radius 3 is 2.61 bits per heavy atom. The van der Waals surface area contributed by atoms with Gasteiger partial charge in [-0.25, -0.2) is 0 Å². The summed E-state index contributed by atoms with van der Waals surface area (Å²) in [7, 11) is 0. The maximum absolute atomic E-state index is 12.0. The second-order valence-corrected chi connectivity index (χ2v) is 6.14. The Labute approximate surface area is 144 Å². The Balaban J connectivity index is 0.00000264. The van der Waals surface area contributed by atoms with Gasteiger partial charge in [0.15, 0.2) is 5.78 Å². The summed E-state index contributed by atoms with van der Waals surface area (Å²) >= 11 is 0. The smallest absolute Gasteiger partial charge is 0.220 e. The summed E-state index contributed by atoms with van der Waals surface area (Å²) in [6.07, 6.45) is 4.04. The zero-order valence-corrected chi connectivity index (χ0v) is 14.6. The van der Waals surface area contributed by atoms with E-state index in [9.17, 15) is 9.59 Å². The van der Waals surface area contributed by atoms with Crippen LogP contribution < -0.4 is 10.6 Å². The lowest BCUT2D eigenvalue weighted by atomic mass is 9.96. The molecular formula is C18H27ClN2O2. The van der Waals surface area contributed by atoms with Gasteiger partial charge >= 0.3 is 0 Å². The van der Waals surface area contributed by atoms with Gasteiger partial charge in [-0.2, -0.15) is 0 Å². The third kappa shape index (κ3) is 7.14. The molecule has 0 radical (unpaired) electrons. The molecule has 1 unspecified atom stereocenters. The van der Waals surface area contributed by atoms with Crippen molar-refractivity contribution in [2.45, 2.75) is 39.0 Å².